The number of ether oxygens (including phenoxy) is 1. The lowest BCUT2D eigenvalue weighted by atomic mass is 9.97. The molecule has 0 aliphatic carbocycles. The molecule has 0 bridgehead atoms. The van der Waals surface area contributed by atoms with Crippen molar-refractivity contribution in [3.8, 4) is 17.1 Å². The molecule has 0 saturated carbocycles. The number of aromatic nitrogens is 2. The summed E-state index contributed by atoms with van der Waals surface area (Å²) in [5.74, 6) is 2.15. The Kier molecular flexibility index (Phi) is 6.23. The molecular formula is C22H24N4O3S. The molecule has 1 fully saturated rings. The van der Waals surface area contributed by atoms with E-state index < -0.39 is 0 Å². The predicted octanol–water partition coefficient (Wildman–Crippen LogP) is 4.88. The van der Waals surface area contributed by atoms with Crippen molar-refractivity contribution in [1.82, 2.24) is 15.0 Å². The van der Waals surface area contributed by atoms with Crippen molar-refractivity contribution in [3.05, 3.63) is 54.4 Å². The zero-order chi connectivity index (χ0) is 20.9. The lowest BCUT2D eigenvalue weighted by Crippen LogP contribution is -2.40. The Balaban J connectivity index is 1.32. The molecule has 2 aromatic carbocycles. The first-order valence-electron chi connectivity index (χ1n) is 9.84. The van der Waals surface area contributed by atoms with Gasteiger partial charge in [-0.05, 0) is 67.6 Å². The van der Waals surface area contributed by atoms with Gasteiger partial charge in [0.1, 0.15) is 5.75 Å². The monoisotopic (exact) mass is 424 g/mol. The van der Waals surface area contributed by atoms with E-state index in [9.17, 15) is 4.79 Å². The number of methoxy groups -OCH3 is 1. The maximum atomic E-state index is 12.6. The van der Waals surface area contributed by atoms with Gasteiger partial charge in [0.15, 0.2) is 0 Å². The van der Waals surface area contributed by atoms with Gasteiger partial charge >= 0.3 is 6.03 Å². The molecule has 4 rings (SSSR count). The molecule has 3 aromatic rings. The lowest BCUT2D eigenvalue weighted by molar-refractivity contribution is 0.187. The number of piperidine rings is 1. The zero-order valence-corrected chi connectivity index (χ0v) is 17.8. The number of benzene rings is 2. The van der Waals surface area contributed by atoms with E-state index in [2.05, 4.69) is 15.5 Å². The molecule has 0 spiro atoms. The van der Waals surface area contributed by atoms with Crippen molar-refractivity contribution in [1.29, 1.82) is 0 Å². The van der Waals surface area contributed by atoms with Crippen LogP contribution in [0.2, 0.25) is 0 Å². The van der Waals surface area contributed by atoms with Crippen LogP contribution in [0.25, 0.3) is 11.4 Å². The number of likely N-dealkylation sites (tertiary alicyclic amines) is 1. The fraction of sp³-hybridized carbons (Fsp3) is 0.318. The molecule has 0 unspecified atom stereocenters. The van der Waals surface area contributed by atoms with Crippen LogP contribution >= 0.6 is 11.8 Å². The number of carbonyl (C=O) groups is 1. The largest absolute Gasteiger partial charge is 0.497 e. The number of thioether (sulfide) groups is 1. The minimum absolute atomic E-state index is 0.0743. The molecule has 1 saturated heterocycles. The summed E-state index contributed by atoms with van der Waals surface area (Å²) >= 11 is 1.68. The smallest absolute Gasteiger partial charge is 0.321 e. The number of urea groups is 1. The number of nitrogens with zero attached hydrogens (tertiary/aromatic N) is 3. The third-order valence-electron chi connectivity index (χ3n) is 5.26. The Morgan fingerprint density at radius 1 is 1.13 bits per heavy atom. The van der Waals surface area contributed by atoms with Crippen LogP contribution in [0, 0.1) is 0 Å². The number of hydrogen-bond donors (Lipinski definition) is 1. The highest BCUT2D eigenvalue weighted by atomic mass is 32.2. The third-order valence-corrected chi connectivity index (χ3v) is 6.01. The van der Waals surface area contributed by atoms with Crippen LogP contribution in [0.5, 0.6) is 5.75 Å². The van der Waals surface area contributed by atoms with Crippen LogP contribution in [-0.2, 0) is 0 Å². The Morgan fingerprint density at radius 2 is 1.83 bits per heavy atom. The summed E-state index contributed by atoms with van der Waals surface area (Å²) in [6.45, 7) is 1.30. The summed E-state index contributed by atoms with van der Waals surface area (Å²) in [5.41, 5.74) is 1.69. The Morgan fingerprint density at radius 3 is 2.47 bits per heavy atom. The van der Waals surface area contributed by atoms with Crippen LogP contribution < -0.4 is 10.1 Å². The Bertz CT molecular complexity index is 980. The molecule has 7 nitrogen and oxygen atoms in total. The van der Waals surface area contributed by atoms with E-state index in [4.69, 9.17) is 9.26 Å². The highest BCUT2D eigenvalue weighted by Crippen LogP contribution is 2.29. The number of amides is 2. The SMILES string of the molecule is COc1ccc(-c2noc(C3CCN(C(=O)Nc4ccc(SC)cc4)CC3)n2)cc1. The Hall–Kier alpha value is -3.00. The number of carbonyl (C=O) groups excluding carboxylic acids is 1. The number of anilines is 1. The van der Waals surface area contributed by atoms with Crippen molar-refractivity contribution >= 4 is 23.5 Å². The molecule has 2 heterocycles. The average molecular weight is 425 g/mol. The first-order valence-corrected chi connectivity index (χ1v) is 11.1. The van der Waals surface area contributed by atoms with Gasteiger partial charge in [-0.1, -0.05) is 5.16 Å². The molecular weight excluding hydrogens is 400 g/mol. The topological polar surface area (TPSA) is 80.5 Å². The fourth-order valence-electron chi connectivity index (χ4n) is 3.46. The molecule has 0 atom stereocenters. The summed E-state index contributed by atoms with van der Waals surface area (Å²) in [4.78, 5) is 20.1. The normalized spacial score (nSPS) is 14.5. The van der Waals surface area contributed by atoms with Gasteiger partial charge in [-0.3, -0.25) is 0 Å². The van der Waals surface area contributed by atoms with Crippen LogP contribution in [0.1, 0.15) is 24.7 Å². The molecule has 8 heteroatoms. The molecule has 0 radical (unpaired) electrons. The third kappa shape index (κ3) is 4.59. The second-order valence-electron chi connectivity index (χ2n) is 7.10. The fourth-order valence-corrected chi connectivity index (χ4v) is 3.87. The van der Waals surface area contributed by atoms with Crippen molar-refractivity contribution in [2.24, 2.45) is 0 Å². The second kappa shape index (κ2) is 9.21. The molecule has 1 aromatic heterocycles. The standard InChI is InChI=1S/C22H24N4O3S/c1-28-18-7-3-15(4-8-18)20-24-21(29-25-20)16-11-13-26(14-12-16)22(27)23-17-5-9-19(30-2)10-6-17/h3-10,16H,11-14H2,1-2H3,(H,23,27). The van der Waals surface area contributed by atoms with Gasteiger partial charge in [-0.2, -0.15) is 4.98 Å². The highest BCUT2D eigenvalue weighted by Gasteiger charge is 2.27. The number of hydrogen-bond acceptors (Lipinski definition) is 6. The minimum atomic E-state index is -0.0743. The number of nitrogens with one attached hydrogen (secondary N) is 1. The van der Waals surface area contributed by atoms with Crippen LogP contribution in [0.15, 0.2) is 57.9 Å². The van der Waals surface area contributed by atoms with Gasteiger partial charge in [0, 0.05) is 35.2 Å². The van der Waals surface area contributed by atoms with Crippen LogP contribution in [-0.4, -0.2) is 47.5 Å². The van der Waals surface area contributed by atoms with Crippen molar-refractivity contribution in [2.45, 2.75) is 23.7 Å². The predicted molar refractivity (Wildman–Crippen MR) is 117 cm³/mol. The van der Waals surface area contributed by atoms with Gasteiger partial charge in [-0.15, -0.1) is 11.8 Å². The maximum Gasteiger partial charge on any atom is 0.321 e. The van der Waals surface area contributed by atoms with E-state index in [1.54, 1.807) is 18.9 Å². The maximum absolute atomic E-state index is 12.6. The second-order valence-corrected chi connectivity index (χ2v) is 7.98. The quantitative estimate of drug-likeness (QED) is 0.588. The summed E-state index contributed by atoms with van der Waals surface area (Å²) in [6.07, 6.45) is 3.62. The summed E-state index contributed by atoms with van der Waals surface area (Å²) in [6, 6.07) is 15.3. The summed E-state index contributed by atoms with van der Waals surface area (Å²) in [5, 5.41) is 7.09. The van der Waals surface area contributed by atoms with Gasteiger partial charge in [-0.25, -0.2) is 4.79 Å². The van der Waals surface area contributed by atoms with E-state index in [1.807, 2.05) is 59.7 Å². The molecule has 1 aliphatic rings. The molecule has 2 amide bonds. The Labute approximate surface area is 179 Å². The van der Waals surface area contributed by atoms with E-state index in [-0.39, 0.29) is 11.9 Å². The lowest BCUT2D eigenvalue weighted by Gasteiger charge is -2.30. The van der Waals surface area contributed by atoms with Crippen molar-refractivity contribution in [3.63, 3.8) is 0 Å². The van der Waals surface area contributed by atoms with Gasteiger partial charge in [0.05, 0.1) is 7.11 Å². The molecule has 1 N–H and O–H groups in total. The summed E-state index contributed by atoms with van der Waals surface area (Å²) in [7, 11) is 1.63. The summed E-state index contributed by atoms with van der Waals surface area (Å²) < 4.78 is 10.7. The first-order chi connectivity index (χ1) is 14.7. The van der Waals surface area contributed by atoms with Gasteiger partial charge < -0.3 is 19.5 Å². The highest BCUT2D eigenvalue weighted by molar-refractivity contribution is 7.98. The first kappa shape index (κ1) is 20.3. The minimum Gasteiger partial charge on any atom is -0.497 e. The van der Waals surface area contributed by atoms with Gasteiger partial charge in [0.2, 0.25) is 11.7 Å². The van der Waals surface area contributed by atoms with E-state index in [0.29, 0.717) is 24.8 Å². The molecule has 1 aliphatic heterocycles. The van der Waals surface area contributed by atoms with Gasteiger partial charge in [0.25, 0.3) is 0 Å². The van der Waals surface area contributed by atoms with E-state index in [1.165, 1.54) is 4.90 Å². The van der Waals surface area contributed by atoms with Crippen molar-refractivity contribution < 1.29 is 14.1 Å². The van der Waals surface area contributed by atoms with Crippen LogP contribution in [0.3, 0.4) is 0 Å². The number of rotatable bonds is 5. The van der Waals surface area contributed by atoms with E-state index in [0.717, 1.165) is 29.8 Å². The average Bonchev–Trinajstić information content (AvgIpc) is 3.30. The zero-order valence-electron chi connectivity index (χ0n) is 17.0. The van der Waals surface area contributed by atoms with Crippen molar-refractivity contribution in [2.75, 3.05) is 31.8 Å². The molecule has 30 heavy (non-hydrogen) atoms. The van der Waals surface area contributed by atoms with Crippen LogP contribution in [0.4, 0.5) is 10.5 Å². The van der Waals surface area contributed by atoms with E-state index >= 15 is 0 Å². The molecule has 156 valence electrons.